The summed E-state index contributed by atoms with van der Waals surface area (Å²) in [5.41, 5.74) is 3.07. The molecule has 35 heavy (non-hydrogen) atoms. The number of benzene rings is 3. The molecule has 0 aliphatic heterocycles. The van der Waals surface area contributed by atoms with E-state index in [4.69, 9.17) is 44.3 Å². The molecule has 9 heteroatoms. The van der Waals surface area contributed by atoms with Crippen molar-refractivity contribution < 1.29 is 14.3 Å². The average Bonchev–Trinajstić information content (AvgIpc) is 2.80. The van der Waals surface area contributed by atoms with Gasteiger partial charge in [-0.05, 0) is 83.4 Å². The van der Waals surface area contributed by atoms with E-state index in [2.05, 4.69) is 27.3 Å². The Kier molecular flexibility index (Phi) is 9.47. The predicted molar refractivity (Wildman–Crippen MR) is 146 cm³/mol. The minimum Gasteiger partial charge on any atom is -0.490 e. The Bertz CT molecular complexity index is 1340. The number of aryl methyl sites for hydroxylation is 1. The Morgan fingerprint density at radius 3 is 2.51 bits per heavy atom. The third-order valence-electron chi connectivity index (χ3n) is 4.79. The molecule has 0 saturated carbocycles. The highest BCUT2D eigenvalue weighted by atomic mass is 79.9. The third-order valence-corrected chi connectivity index (χ3v) is 6.33. The number of allylic oxidation sites excluding steroid dienone is 1. The summed E-state index contributed by atoms with van der Waals surface area (Å²) in [7, 11) is 0. The van der Waals surface area contributed by atoms with Gasteiger partial charge < -0.3 is 14.8 Å². The van der Waals surface area contributed by atoms with Gasteiger partial charge in [0.1, 0.15) is 0 Å². The van der Waals surface area contributed by atoms with Gasteiger partial charge in [-0.2, -0.15) is 5.26 Å². The lowest BCUT2D eigenvalue weighted by molar-refractivity contribution is -0.118. The Labute approximate surface area is 227 Å². The maximum Gasteiger partial charge on any atom is 0.262 e. The summed E-state index contributed by atoms with van der Waals surface area (Å²) in [6.07, 6.45) is 1.68. The van der Waals surface area contributed by atoms with Crippen LogP contribution in [0.25, 0.3) is 11.6 Å². The molecule has 0 fully saturated rings. The average molecular weight is 595 g/mol. The number of carbonyl (C=O) groups is 1. The van der Waals surface area contributed by atoms with Crippen molar-refractivity contribution in [1.29, 1.82) is 5.26 Å². The maximum absolute atomic E-state index is 12.4. The van der Waals surface area contributed by atoms with E-state index in [9.17, 15) is 10.1 Å². The molecular formula is C26H20BrCl3N2O3. The Morgan fingerprint density at radius 1 is 1.09 bits per heavy atom. The van der Waals surface area contributed by atoms with E-state index < -0.39 is 0 Å². The van der Waals surface area contributed by atoms with Crippen LogP contribution in [0.5, 0.6) is 11.5 Å². The summed E-state index contributed by atoms with van der Waals surface area (Å²) in [4.78, 5) is 12.4. The van der Waals surface area contributed by atoms with Gasteiger partial charge in [-0.3, -0.25) is 4.79 Å². The van der Waals surface area contributed by atoms with Crippen LogP contribution in [0.15, 0.2) is 53.0 Å². The summed E-state index contributed by atoms with van der Waals surface area (Å²) in [5.74, 6) is 0.426. The molecule has 0 bridgehead atoms. The van der Waals surface area contributed by atoms with Crippen LogP contribution in [0.2, 0.25) is 15.1 Å². The van der Waals surface area contributed by atoms with Crippen LogP contribution in [0.3, 0.4) is 0 Å². The molecule has 0 spiro atoms. The highest BCUT2D eigenvalue weighted by Gasteiger charge is 2.15. The topological polar surface area (TPSA) is 71.3 Å². The largest absolute Gasteiger partial charge is 0.490 e. The molecular weight excluding hydrogens is 575 g/mol. The molecule has 3 aromatic rings. The van der Waals surface area contributed by atoms with Gasteiger partial charge in [0, 0.05) is 21.3 Å². The fourth-order valence-electron chi connectivity index (χ4n) is 3.12. The molecule has 5 nitrogen and oxygen atoms in total. The van der Waals surface area contributed by atoms with Crippen molar-refractivity contribution in [3.05, 3.63) is 84.8 Å². The molecule has 1 N–H and O–H groups in total. The van der Waals surface area contributed by atoms with Crippen LogP contribution < -0.4 is 14.8 Å². The molecule has 0 aliphatic rings. The number of nitriles is 1. The first-order chi connectivity index (χ1) is 16.7. The van der Waals surface area contributed by atoms with Crippen molar-refractivity contribution in [1.82, 2.24) is 0 Å². The van der Waals surface area contributed by atoms with Crippen molar-refractivity contribution in [2.24, 2.45) is 0 Å². The van der Waals surface area contributed by atoms with Crippen LogP contribution in [-0.2, 0) is 4.79 Å². The second-order valence-corrected chi connectivity index (χ2v) is 9.46. The molecule has 0 saturated heterocycles. The molecule has 3 aromatic carbocycles. The van der Waals surface area contributed by atoms with Gasteiger partial charge in [0.2, 0.25) is 0 Å². The first kappa shape index (κ1) is 26.9. The lowest BCUT2D eigenvalue weighted by Crippen LogP contribution is -2.20. The molecule has 0 aliphatic carbocycles. The maximum atomic E-state index is 12.4. The number of nitrogens with one attached hydrogen (secondary N) is 1. The molecule has 3 rings (SSSR count). The monoisotopic (exact) mass is 592 g/mol. The zero-order valence-electron chi connectivity index (χ0n) is 18.8. The van der Waals surface area contributed by atoms with Crippen molar-refractivity contribution in [3.8, 4) is 17.6 Å². The van der Waals surface area contributed by atoms with Crippen molar-refractivity contribution >= 4 is 74.0 Å². The van der Waals surface area contributed by atoms with Crippen molar-refractivity contribution in [3.63, 3.8) is 0 Å². The fraction of sp³-hybridized carbons (Fsp3) is 0.154. The van der Waals surface area contributed by atoms with E-state index in [0.717, 1.165) is 5.56 Å². The number of hydrogen-bond donors (Lipinski definition) is 1. The van der Waals surface area contributed by atoms with E-state index in [1.165, 1.54) is 0 Å². The molecule has 0 aromatic heterocycles. The summed E-state index contributed by atoms with van der Waals surface area (Å²) in [6, 6.07) is 15.9. The molecule has 0 heterocycles. The molecule has 180 valence electrons. The summed E-state index contributed by atoms with van der Waals surface area (Å²) < 4.78 is 12.1. The number of anilines is 1. The van der Waals surface area contributed by atoms with E-state index in [1.54, 1.807) is 48.5 Å². The smallest absolute Gasteiger partial charge is 0.262 e. The highest BCUT2D eigenvalue weighted by molar-refractivity contribution is 9.10. The molecule has 0 unspecified atom stereocenters. The van der Waals surface area contributed by atoms with Crippen LogP contribution in [-0.4, -0.2) is 19.1 Å². The number of ether oxygens (including phenoxy) is 2. The van der Waals surface area contributed by atoms with Gasteiger partial charge in [-0.15, -0.1) is 0 Å². The van der Waals surface area contributed by atoms with Gasteiger partial charge in [-0.1, -0.05) is 46.9 Å². The van der Waals surface area contributed by atoms with Gasteiger partial charge >= 0.3 is 0 Å². The van der Waals surface area contributed by atoms with Gasteiger partial charge in [-0.25, -0.2) is 0 Å². The minimum atomic E-state index is -0.354. The number of rotatable bonds is 8. The first-order valence-electron chi connectivity index (χ1n) is 10.4. The highest BCUT2D eigenvalue weighted by Crippen LogP contribution is 2.38. The standard InChI is InChI=1S/C26H20BrCl3N2O3/c1-3-34-24-10-16(8-17(13-31)20-7-5-18(28)11-23(20)30)9-21(27)26(24)35-14-25(33)32-19-6-4-15(2)22(29)12-19/h4-12H,3,14H2,1-2H3,(H,32,33)/b17-8+. The van der Waals surface area contributed by atoms with Crippen molar-refractivity contribution in [2.45, 2.75) is 13.8 Å². The number of halogens is 4. The molecule has 1 amide bonds. The summed E-state index contributed by atoms with van der Waals surface area (Å²) in [6.45, 7) is 3.84. The normalized spacial score (nSPS) is 11.1. The fourth-order valence-corrected chi connectivity index (χ4v) is 4.39. The van der Waals surface area contributed by atoms with Crippen molar-refractivity contribution in [2.75, 3.05) is 18.5 Å². The van der Waals surface area contributed by atoms with E-state index in [1.807, 2.05) is 19.9 Å². The zero-order valence-corrected chi connectivity index (χ0v) is 22.6. The van der Waals surface area contributed by atoms with Gasteiger partial charge in [0.25, 0.3) is 5.91 Å². The number of nitrogens with zero attached hydrogens (tertiary/aromatic N) is 1. The third kappa shape index (κ3) is 7.16. The van der Waals surface area contributed by atoms with Crippen LogP contribution >= 0.6 is 50.7 Å². The quantitative estimate of drug-likeness (QED) is 0.211. The zero-order chi connectivity index (χ0) is 25.5. The summed E-state index contributed by atoms with van der Waals surface area (Å²) in [5, 5.41) is 13.9. The molecule has 0 radical (unpaired) electrons. The second-order valence-electron chi connectivity index (χ2n) is 7.36. The minimum absolute atomic E-state index is 0.247. The van der Waals surface area contributed by atoms with E-state index in [0.29, 0.717) is 60.0 Å². The number of amides is 1. The second kappa shape index (κ2) is 12.3. The van der Waals surface area contributed by atoms with E-state index in [-0.39, 0.29) is 12.5 Å². The SMILES string of the molecule is CCOc1cc(/C=C(\C#N)c2ccc(Cl)cc2Cl)cc(Br)c1OCC(=O)Nc1ccc(C)c(Cl)c1. The Hall–Kier alpha value is -2.69. The van der Waals surface area contributed by atoms with Crippen LogP contribution in [0.1, 0.15) is 23.6 Å². The molecule has 0 atom stereocenters. The predicted octanol–water partition coefficient (Wildman–Crippen LogP) is 8.20. The number of carbonyl (C=O) groups excluding carboxylic acids is 1. The van der Waals surface area contributed by atoms with Crippen LogP contribution in [0, 0.1) is 18.3 Å². The Morgan fingerprint density at radius 2 is 1.86 bits per heavy atom. The van der Waals surface area contributed by atoms with Gasteiger partial charge in [0.15, 0.2) is 18.1 Å². The van der Waals surface area contributed by atoms with E-state index >= 15 is 0 Å². The van der Waals surface area contributed by atoms with Gasteiger partial charge in [0.05, 0.1) is 27.7 Å². The lowest BCUT2D eigenvalue weighted by Gasteiger charge is -2.15. The Balaban J connectivity index is 1.83. The lowest BCUT2D eigenvalue weighted by atomic mass is 10.0. The van der Waals surface area contributed by atoms with Crippen LogP contribution in [0.4, 0.5) is 5.69 Å². The summed E-state index contributed by atoms with van der Waals surface area (Å²) >= 11 is 21.9. The number of hydrogen-bond acceptors (Lipinski definition) is 4. The first-order valence-corrected chi connectivity index (χ1v) is 12.4.